The van der Waals surface area contributed by atoms with Crippen LogP contribution in [0, 0.1) is 23.7 Å². The molecule has 2 aromatic rings. The fourth-order valence-electron chi connectivity index (χ4n) is 7.59. The number of rotatable bonds is 18. The van der Waals surface area contributed by atoms with Crippen molar-refractivity contribution >= 4 is 52.3 Å². The number of nitrogens with zero attached hydrogens (tertiary/aromatic N) is 4. The smallest absolute Gasteiger partial charge is 0.434 e. The molecule has 55 heavy (non-hydrogen) atoms. The third-order valence-electron chi connectivity index (χ3n) is 10.9. The fourth-order valence-corrected chi connectivity index (χ4v) is 9.31. The lowest BCUT2D eigenvalue weighted by atomic mass is 9.83. The number of amides is 3. The number of hydrogen-bond acceptors (Lipinski definition) is 11. The molecule has 13 nitrogen and oxygen atoms in total. The van der Waals surface area contributed by atoms with E-state index in [0.29, 0.717) is 23.3 Å². The number of nitrogens with one attached hydrogen (secondary N) is 2. The van der Waals surface area contributed by atoms with Crippen LogP contribution in [0.5, 0.6) is 0 Å². The zero-order valence-electron chi connectivity index (χ0n) is 31.8. The molecule has 18 heteroatoms. The van der Waals surface area contributed by atoms with Crippen LogP contribution in [-0.2, 0) is 36.5 Å². The third kappa shape index (κ3) is 11.5. The lowest BCUT2D eigenvalue weighted by Gasteiger charge is -2.45. The Morgan fingerprint density at radius 1 is 1.02 bits per heavy atom. The van der Waals surface area contributed by atoms with E-state index in [0.717, 1.165) is 73.2 Å². The molecule has 5 heterocycles. The van der Waals surface area contributed by atoms with E-state index >= 15 is 0 Å². The minimum atomic E-state index is -4.64. The predicted molar refractivity (Wildman–Crippen MR) is 198 cm³/mol. The molecule has 1 aliphatic carbocycles. The summed E-state index contributed by atoms with van der Waals surface area (Å²) in [7, 11) is 1.69. The van der Waals surface area contributed by atoms with E-state index in [-0.39, 0.29) is 53.7 Å². The van der Waals surface area contributed by atoms with Crippen LogP contribution >= 0.6 is 22.7 Å². The van der Waals surface area contributed by atoms with Crippen LogP contribution in [0.1, 0.15) is 111 Å². The van der Waals surface area contributed by atoms with Crippen LogP contribution < -0.4 is 10.6 Å². The highest BCUT2D eigenvalue weighted by Crippen LogP contribution is 2.36. The number of thiazole rings is 2. The van der Waals surface area contributed by atoms with Gasteiger partial charge in [-0.2, -0.15) is 13.2 Å². The van der Waals surface area contributed by atoms with Gasteiger partial charge in [-0.15, -0.1) is 22.7 Å². The number of carboxylic acid groups (broad SMARTS) is 1. The van der Waals surface area contributed by atoms with Crippen LogP contribution in [0.25, 0.3) is 0 Å². The number of esters is 1. The summed E-state index contributed by atoms with van der Waals surface area (Å²) in [6, 6.07) is -2.26. The van der Waals surface area contributed by atoms with Gasteiger partial charge in [0.15, 0.2) is 11.8 Å². The van der Waals surface area contributed by atoms with Crippen molar-refractivity contribution in [2.24, 2.45) is 23.7 Å². The molecule has 0 unspecified atom stereocenters. The van der Waals surface area contributed by atoms with Gasteiger partial charge in [-0.3, -0.25) is 28.9 Å². The lowest BCUT2D eigenvalue weighted by molar-refractivity contribution is -0.149. The minimum Gasteiger partial charge on any atom is -0.481 e. The van der Waals surface area contributed by atoms with E-state index in [2.05, 4.69) is 25.5 Å². The van der Waals surface area contributed by atoms with Gasteiger partial charge in [-0.1, -0.05) is 33.6 Å². The Morgan fingerprint density at radius 2 is 1.71 bits per heavy atom. The maximum absolute atomic E-state index is 14.2. The molecule has 2 bridgehead atoms. The SMILES string of the molecule is CC(=O)O[C@H](C[C@H](C(C)C)N(C)C(=O)[C@H](CC1CC1)NC(=O)[C@H]1CC2CCN1CC2)c1nc(C(=O)N[C@@H](Cc2nc(C(F)(F)F)cs2)C[C@H](C)C(=O)O)cs1. The summed E-state index contributed by atoms with van der Waals surface area (Å²) < 4.78 is 45.3. The first-order valence-corrected chi connectivity index (χ1v) is 20.6. The van der Waals surface area contributed by atoms with Gasteiger partial charge in [0.25, 0.3) is 5.91 Å². The minimum absolute atomic E-state index is 0.0508. The number of aliphatic carboxylic acids is 1. The number of ether oxygens (including phenoxy) is 1. The standard InChI is InChI=1S/C37H51F3N6O7S2/c1-19(2)27(45(5)35(50)25(13-22-6-7-22)42-33(49)28-14-23-8-10-46(28)11-9-23)16-29(53-21(4)47)34-43-26(17-55-34)32(48)41-24(12-20(3)36(51)52)15-31-44-30(18-54-31)37(38,39)40/h17-20,22-25,27-29H,6-16H2,1-5H3,(H,41,48)(H,42,49)(H,51,52)/t20-,24+,25-,27+,28+,29+/m0/s1. The molecule has 3 aliphatic heterocycles. The number of fused-ring (bicyclic) bond motifs is 3. The quantitative estimate of drug-likeness (QED) is 0.168. The van der Waals surface area contributed by atoms with Gasteiger partial charge in [0.05, 0.1) is 17.0 Å². The first-order chi connectivity index (χ1) is 25.9. The van der Waals surface area contributed by atoms with Crippen molar-refractivity contribution in [1.29, 1.82) is 0 Å². The highest BCUT2D eigenvalue weighted by Gasteiger charge is 2.41. The van der Waals surface area contributed by atoms with Crippen molar-refractivity contribution in [3.8, 4) is 0 Å². The molecule has 0 aromatic carbocycles. The first-order valence-electron chi connectivity index (χ1n) is 18.9. The van der Waals surface area contributed by atoms with Crippen molar-refractivity contribution in [3.63, 3.8) is 0 Å². The van der Waals surface area contributed by atoms with Crippen LogP contribution in [0.15, 0.2) is 10.8 Å². The first kappa shape index (κ1) is 42.5. The van der Waals surface area contributed by atoms with E-state index in [1.807, 2.05) is 13.8 Å². The largest absolute Gasteiger partial charge is 0.481 e. The molecule has 6 rings (SSSR count). The Bertz CT molecular complexity index is 1690. The summed E-state index contributed by atoms with van der Waals surface area (Å²) in [6.45, 7) is 8.35. The predicted octanol–water partition coefficient (Wildman–Crippen LogP) is 5.32. The molecule has 1 saturated carbocycles. The fraction of sp³-hybridized carbons (Fsp3) is 0.703. The zero-order chi connectivity index (χ0) is 40.2. The van der Waals surface area contributed by atoms with Gasteiger partial charge in [0.1, 0.15) is 16.7 Å². The molecule has 3 N–H and O–H groups in total. The molecule has 4 aliphatic rings. The van der Waals surface area contributed by atoms with E-state index in [9.17, 15) is 42.3 Å². The number of hydrogen-bond donors (Lipinski definition) is 3. The van der Waals surface area contributed by atoms with Gasteiger partial charge in [-0.05, 0) is 62.9 Å². The second-order valence-electron chi connectivity index (χ2n) is 15.6. The second-order valence-corrected chi connectivity index (χ2v) is 17.4. The van der Waals surface area contributed by atoms with Crippen molar-refractivity contribution in [1.82, 2.24) is 30.4 Å². The molecule has 304 valence electrons. The van der Waals surface area contributed by atoms with Crippen LogP contribution in [-0.4, -0.2) is 98.8 Å². The van der Waals surface area contributed by atoms with E-state index in [1.54, 1.807) is 11.9 Å². The topological polar surface area (TPSA) is 171 Å². The van der Waals surface area contributed by atoms with Gasteiger partial charge < -0.3 is 25.4 Å². The second kappa shape index (κ2) is 18.1. The summed E-state index contributed by atoms with van der Waals surface area (Å²) >= 11 is 1.83. The molecular formula is C37H51F3N6O7S2. The van der Waals surface area contributed by atoms with Crippen molar-refractivity contribution in [3.05, 3.63) is 32.2 Å². The summed E-state index contributed by atoms with van der Waals surface area (Å²) in [6.07, 6.45) is -0.0844. The lowest BCUT2D eigenvalue weighted by Crippen LogP contribution is -2.59. The van der Waals surface area contributed by atoms with Crippen molar-refractivity contribution in [2.45, 2.75) is 122 Å². The van der Waals surface area contributed by atoms with E-state index in [4.69, 9.17) is 4.74 Å². The number of likely N-dealkylation sites (N-methyl/N-ethyl adjacent to an activating group) is 1. The van der Waals surface area contributed by atoms with Crippen molar-refractivity contribution in [2.75, 3.05) is 20.1 Å². The number of carbonyl (C=O) groups excluding carboxylic acids is 4. The monoisotopic (exact) mass is 812 g/mol. The number of halogens is 3. The number of aromatic nitrogens is 2. The van der Waals surface area contributed by atoms with Crippen LogP contribution in [0.3, 0.4) is 0 Å². The number of alkyl halides is 3. The summed E-state index contributed by atoms with van der Waals surface area (Å²) in [5, 5.41) is 18.0. The maximum atomic E-state index is 14.2. The Kier molecular flexibility index (Phi) is 14.0. The van der Waals surface area contributed by atoms with Gasteiger partial charge >= 0.3 is 18.1 Å². The normalized spacial score (nSPS) is 22.3. The summed E-state index contributed by atoms with van der Waals surface area (Å²) in [5.41, 5.74) is -1.12. The summed E-state index contributed by atoms with van der Waals surface area (Å²) in [5.74, 6) is -2.87. The number of carbonyl (C=O) groups is 5. The molecular weight excluding hydrogens is 762 g/mol. The summed E-state index contributed by atoms with van der Waals surface area (Å²) in [4.78, 5) is 77.1. The van der Waals surface area contributed by atoms with Gasteiger partial charge in [0, 0.05) is 49.7 Å². The van der Waals surface area contributed by atoms with Crippen LogP contribution in [0.4, 0.5) is 13.2 Å². The highest BCUT2D eigenvalue weighted by atomic mass is 32.1. The number of carboxylic acids is 1. The molecule has 0 spiro atoms. The number of piperidine rings is 3. The molecule has 4 fully saturated rings. The molecule has 2 aromatic heterocycles. The Labute approximate surface area is 326 Å². The Morgan fingerprint density at radius 3 is 2.25 bits per heavy atom. The Balaban J connectivity index is 1.29. The average molecular weight is 813 g/mol. The van der Waals surface area contributed by atoms with Crippen LogP contribution in [0.2, 0.25) is 0 Å². The average Bonchev–Trinajstić information content (AvgIpc) is 3.57. The Hall–Kier alpha value is -3.64. The van der Waals surface area contributed by atoms with E-state index < -0.39 is 59.9 Å². The third-order valence-corrected chi connectivity index (χ3v) is 12.7. The van der Waals surface area contributed by atoms with E-state index in [1.165, 1.54) is 19.2 Å². The van der Waals surface area contributed by atoms with Gasteiger partial charge in [-0.25, -0.2) is 9.97 Å². The maximum Gasteiger partial charge on any atom is 0.434 e. The molecule has 0 radical (unpaired) electrons. The molecule has 3 amide bonds. The zero-order valence-corrected chi connectivity index (χ0v) is 33.4. The highest BCUT2D eigenvalue weighted by molar-refractivity contribution is 7.10. The molecule has 3 saturated heterocycles. The molecule has 6 atom stereocenters. The van der Waals surface area contributed by atoms with Crippen molar-refractivity contribution < 1.29 is 47.0 Å². The van der Waals surface area contributed by atoms with Gasteiger partial charge in [0.2, 0.25) is 11.8 Å².